The third-order valence-corrected chi connectivity index (χ3v) is 3.22. The Bertz CT molecular complexity index is 549. The molecule has 1 aromatic carbocycles. The molecule has 6 heteroatoms. The number of rotatable bonds is 4. The molecule has 2 rings (SSSR count). The first-order chi connectivity index (χ1) is 8.97. The van der Waals surface area contributed by atoms with Gasteiger partial charge in [-0.3, -0.25) is 0 Å². The quantitative estimate of drug-likeness (QED) is 0.941. The van der Waals surface area contributed by atoms with Crippen LogP contribution in [0, 0.1) is 0 Å². The van der Waals surface area contributed by atoms with Crippen molar-refractivity contribution in [3.05, 3.63) is 46.0 Å². The lowest BCUT2D eigenvalue weighted by molar-refractivity contribution is 0.173. The van der Waals surface area contributed by atoms with Gasteiger partial charge in [-0.05, 0) is 37.6 Å². The molecule has 1 unspecified atom stereocenters. The molecule has 1 atom stereocenters. The van der Waals surface area contributed by atoms with Crippen molar-refractivity contribution in [3.8, 4) is 0 Å². The Balaban J connectivity index is 2.20. The average Bonchev–Trinajstić information content (AvgIpc) is 2.75. The van der Waals surface area contributed by atoms with E-state index in [1.807, 2.05) is 13.8 Å². The monoisotopic (exact) mass is 299 g/mol. The molecule has 102 valence electrons. The van der Waals surface area contributed by atoms with Crippen LogP contribution in [0.5, 0.6) is 0 Å². The average molecular weight is 300 g/mol. The molecule has 0 bridgehead atoms. The molecule has 0 aliphatic rings. The van der Waals surface area contributed by atoms with Crippen LogP contribution in [0.3, 0.4) is 0 Å². The fourth-order valence-corrected chi connectivity index (χ4v) is 2.45. The van der Waals surface area contributed by atoms with Gasteiger partial charge in [-0.25, -0.2) is 9.67 Å². The summed E-state index contributed by atoms with van der Waals surface area (Å²) in [5.74, 6) is 0.735. The van der Waals surface area contributed by atoms with Crippen molar-refractivity contribution in [1.82, 2.24) is 14.8 Å². The highest BCUT2D eigenvalue weighted by molar-refractivity contribution is 6.34. The molecule has 0 spiro atoms. The van der Waals surface area contributed by atoms with Crippen molar-refractivity contribution in [2.24, 2.45) is 0 Å². The molecule has 0 amide bonds. The van der Waals surface area contributed by atoms with Gasteiger partial charge in [0.1, 0.15) is 12.2 Å². The van der Waals surface area contributed by atoms with Crippen LogP contribution < -0.4 is 0 Å². The SMILES string of the molecule is CC(C)n1ncnc1CC(O)c1cc(Cl)cc(Cl)c1. The van der Waals surface area contributed by atoms with Gasteiger partial charge < -0.3 is 5.11 Å². The molecule has 1 N–H and O–H groups in total. The minimum atomic E-state index is -0.710. The summed E-state index contributed by atoms with van der Waals surface area (Å²) in [5.41, 5.74) is 0.677. The van der Waals surface area contributed by atoms with Gasteiger partial charge in [0.15, 0.2) is 0 Å². The van der Waals surface area contributed by atoms with Crippen molar-refractivity contribution in [3.63, 3.8) is 0 Å². The Labute approximate surface area is 122 Å². The van der Waals surface area contributed by atoms with Crippen molar-refractivity contribution >= 4 is 23.2 Å². The van der Waals surface area contributed by atoms with Crippen LogP contribution >= 0.6 is 23.2 Å². The predicted octanol–water partition coefficient (Wildman–Crippen LogP) is 3.44. The van der Waals surface area contributed by atoms with Crippen LogP contribution in [0.4, 0.5) is 0 Å². The summed E-state index contributed by atoms with van der Waals surface area (Å²) in [5, 5.41) is 15.4. The van der Waals surface area contributed by atoms with Gasteiger partial charge in [-0.2, -0.15) is 5.10 Å². The highest BCUT2D eigenvalue weighted by Gasteiger charge is 2.15. The van der Waals surface area contributed by atoms with E-state index in [9.17, 15) is 5.11 Å². The second-order valence-corrected chi connectivity index (χ2v) is 5.51. The van der Waals surface area contributed by atoms with E-state index >= 15 is 0 Å². The van der Waals surface area contributed by atoms with E-state index in [0.717, 1.165) is 5.82 Å². The van der Waals surface area contributed by atoms with Gasteiger partial charge in [-0.15, -0.1) is 0 Å². The molecule has 19 heavy (non-hydrogen) atoms. The van der Waals surface area contributed by atoms with E-state index < -0.39 is 6.10 Å². The Hall–Kier alpha value is -1.10. The topological polar surface area (TPSA) is 50.9 Å². The molecule has 4 nitrogen and oxygen atoms in total. The van der Waals surface area contributed by atoms with Gasteiger partial charge in [0.05, 0.1) is 6.10 Å². The van der Waals surface area contributed by atoms with Crippen LogP contribution in [-0.2, 0) is 6.42 Å². The number of nitrogens with zero attached hydrogens (tertiary/aromatic N) is 3. The van der Waals surface area contributed by atoms with Crippen molar-refractivity contribution < 1.29 is 5.11 Å². The lowest BCUT2D eigenvalue weighted by Crippen LogP contribution is -2.12. The molecular formula is C13H15Cl2N3O. The van der Waals surface area contributed by atoms with E-state index in [-0.39, 0.29) is 6.04 Å². The fraction of sp³-hybridized carbons (Fsp3) is 0.385. The highest BCUT2D eigenvalue weighted by atomic mass is 35.5. The standard InChI is InChI=1S/C13H15Cl2N3O/c1-8(2)18-13(16-7-17-18)6-12(19)9-3-10(14)5-11(15)4-9/h3-5,7-8,12,19H,6H2,1-2H3. The number of hydrogen-bond acceptors (Lipinski definition) is 3. The maximum Gasteiger partial charge on any atom is 0.138 e. The first-order valence-electron chi connectivity index (χ1n) is 6.00. The zero-order chi connectivity index (χ0) is 14.0. The van der Waals surface area contributed by atoms with Gasteiger partial charge in [0.2, 0.25) is 0 Å². The molecule has 0 radical (unpaired) electrons. The van der Waals surface area contributed by atoms with Crippen LogP contribution in [0.15, 0.2) is 24.5 Å². The number of hydrogen-bond donors (Lipinski definition) is 1. The minimum Gasteiger partial charge on any atom is -0.388 e. The Kier molecular flexibility index (Phi) is 4.45. The second-order valence-electron chi connectivity index (χ2n) is 4.64. The Morgan fingerprint density at radius 3 is 2.42 bits per heavy atom. The van der Waals surface area contributed by atoms with Crippen LogP contribution in [0.2, 0.25) is 10.0 Å². The summed E-state index contributed by atoms with van der Waals surface area (Å²) < 4.78 is 1.79. The van der Waals surface area contributed by atoms with E-state index in [0.29, 0.717) is 22.0 Å². The molecule has 0 aliphatic carbocycles. The Morgan fingerprint density at radius 2 is 1.84 bits per heavy atom. The van der Waals surface area contributed by atoms with E-state index in [1.54, 1.807) is 22.9 Å². The van der Waals surface area contributed by atoms with Crippen molar-refractivity contribution in [2.75, 3.05) is 0 Å². The van der Waals surface area contributed by atoms with Crippen LogP contribution in [0.25, 0.3) is 0 Å². The maximum atomic E-state index is 10.2. The summed E-state index contributed by atoms with van der Waals surface area (Å²) in [4.78, 5) is 4.17. The summed E-state index contributed by atoms with van der Waals surface area (Å²) in [6.07, 6.45) is 1.15. The lowest BCUT2D eigenvalue weighted by atomic mass is 10.1. The summed E-state index contributed by atoms with van der Waals surface area (Å²) in [6, 6.07) is 5.24. The smallest absolute Gasteiger partial charge is 0.138 e. The van der Waals surface area contributed by atoms with Crippen molar-refractivity contribution in [2.45, 2.75) is 32.4 Å². The predicted molar refractivity (Wildman–Crippen MR) is 75.5 cm³/mol. The zero-order valence-electron chi connectivity index (χ0n) is 10.7. The van der Waals surface area contributed by atoms with Gasteiger partial charge in [0.25, 0.3) is 0 Å². The number of aromatic nitrogens is 3. The van der Waals surface area contributed by atoms with Gasteiger partial charge >= 0.3 is 0 Å². The number of halogens is 2. The Morgan fingerprint density at radius 1 is 1.21 bits per heavy atom. The molecule has 0 aliphatic heterocycles. The molecular weight excluding hydrogens is 285 g/mol. The highest BCUT2D eigenvalue weighted by Crippen LogP contribution is 2.25. The molecule has 0 saturated carbocycles. The van der Waals surface area contributed by atoms with E-state index in [2.05, 4.69) is 10.1 Å². The maximum absolute atomic E-state index is 10.2. The minimum absolute atomic E-state index is 0.202. The molecule has 2 aromatic rings. The van der Waals surface area contributed by atoms with Crippen LogP contribution in [-0.4, -0.2) is 19.9 Å². The number of aliphatic hydroxyl groups is 1. The fourth-order valence-electron chi connectivity index (χ4n) is 1.91. The van der Waals surface area contributed by atoms with E-state index in [4.69, 9.17) is 23.2 Å². The summed E-state index contributed by atoms with van der Waals surface area (Å²) in [7, 11) is 0. The molecule has 0 saturated heterocycles. The lowest BCUT2D eigenvalue weighted by Gasteiger charge is -2.14. The second kappa shape index (κ2) is 5.90. The number of benzene rings is 1. The van der Waals surface area contributed by atoms with Crippen molar-refractivity contribution in [1.29, 1.82) is 0 Å². The first kappa shape index (κ1) is 14.3. The first-order valence-corrected chi connectivity index (χ1v) is 6.75. The summed E-state index contributed by atoms with van der Waals surface area (Å²) >= 11 is 11.9. The summed E-state index contributed by atoms with van der Waals surface area (Å²) in [6.45, 7) is 4.03. The third kappa shape index (κ3) is 3.47. The molecule has 0 fully saturated rings. The largest absolute Gasteiger partial charge is 0.388 e. The number of aliphatic hydroxyl groups excluding tert-OH is 1. The zero-order valence-corrected chi connectivity index (χ0v) is 12.2. The molecule has 1 aromatic heterocycles. The van der Waals surface area contributed by atoms with Gasteiger partial charge in [-0.1, -0.05) is 23.2 Å². The van der Waals surface area contributed by atoms with Gasteiger partial charge in [0, 0.05) is 22.5 Å². The third-order valence-electron chi connectivity index (χ3n) is 2.78. The normalized spacial score (nSPS) is 12.9. The molecule has 1 heterocycles. The van der Waals surface area contributed by atoms with Crippen LogP contribution in [0.1, 0.15) is 37.4 Å². The van der Waals surface area contributed by atoms with E-state index in [1.165, 1.54) is 6.33 Å².